The fourth-order valence-electron chi connectivity index (χ4n) is 2.80. The van der Waals surface area contributed by atoms with Gasteiger partial charge in [0.2, 0.25) is 0 Å². The van der Waals surface area contributed by atoms with Crippen molar-refractivity contribution in [1.29, 1.82) is 0 Å². The van der Waals surface area contributed by atoms with E-state index < -0.39 is 6.03 Å². The highest BCUT2D eigenvalue weighted by Gasteiger charge is 2.15. The molecule has 134 valence electrons. The third-order valence-electron chi connectivity index (χ3n) is 4.13. The van der Waals surface area contributed by atoms with Crippen LogP contribution in [0.4, 0.5) is 4.79 Å². The fourth-order valence-corrected chi connectivity index (χ4v) is 3.21. The lowest BCUT2D eigenvalue weighted by molar-refractivity contribution is 0.0937. The second-order valence-corrected chi connectivity index (χ2v) is 6.92. The average molecular weight is 415 g/mol. The minimum atomic E-state index is -0.480. The molecule has 0 radical (unpaired) electrons. The van der Waals surface area contributed by atoms with Crippen LogP contribution in [0.3, 0.4) is 0 Å². The summed E-state index contributed by atoms with van der Waals surface area (Å²) >= 11 is 3.41. The molecule has 26 heavy (non-hydrogen) atoms. The first-order valence-corrected chi connectivity index (χ1v) is 8.91. The van der Waals surface area contributed by atoms with Gasteiger partial charge in [0.15, 0.2) is 0 Å². The minimum absolute atomic E-state index is 0.207. The van der Waals surface area contributed by atoms with Crippen molar-refractivity contribution in [2.45, 2.75) is 13.0 Å². The molecule has 0 aliphatic heterocycles. The Morgan fingerprint density at radius 3 is 2.62 bits per heavy atom. The smallest absolute Gasteiger partial charge is 0.333 e. The van der Waals surface area contributed by atoms with E-state index in [4.69, 9.17) is 0 Å². The number of benzene rings is 2. The lowest BCUT2D eigenvalue weighted by Gasteiger charge is -2.15. The number of amides is 3. The van der Waals surface area contributed by atoms with Gasteiger partial charge in [0.25, 0.3) is 5.91 Å². The normalized spacial score (nSPS) is 11.8. The van der Waals surface area contributed by atoms with Crippen LogP contribution >= 0.6 is 15.9 Å². The van der Waals surface area contributed by atoms with Crippen LogP contribution in [-0.4, -0.2) is 16.5 Å². The first kappa shape index (κ1) is 18.0. The summed E-state index contributed by atoms with van der Waals surface area (Å²) in [6.45, 7) is 1.87. The number of carbonyl (C=O) groups excluding carboxylic acids is 2. The zero-order valence-corrected chi connectivity index (χ0v) is 16.0. The van der Waals surface area contributed by atoms with E-state index in [1.165, 1.54) is 0 Å². The molecular weight excluding hydrogens is 396 g/mol. The van der Waals surface area contributed by atoms with Crippen molar-refractivity contribution in [3.8, 4) is 0 Å². The number of aryl methyl sites for hydroxylation is 1. The van der Waals surface area contributed by atoms with Crippen molar-refractivity contribution in [2.75, 3.05) is 0 Å². The van der Waals surface area contributed by atoms with Gasteiger partial charge in [0, 0.05) is 28.6 Å². The quantitative estimate of drug-likeness (QED) is 0.572. The molecular formula is C19H19BrN4O2. The number of nitrogens with zero attached hydrogens (tertiary/aromatic N) is 1. The number of hydrogen-bond acceptors (Lipinski definition) is 2. The molecule has 3 aromatic rings. The number of para-hydroxylation sites is 1. The Kier molecular flexibility index (Phi) is 5.27. The number of hydrogen-bond donors (Lipinski definition) is 3. The van der Waals surface area contributed by atoms with E-state index in [2.05, 4.69) is 32.1 Å². The van der Waals surface area contributed by atoms with Crippen molar-refractivity contribution >= 4 is 38.8 Å². The maximum Gasteiger partial charge on any atom is 0.333 e. The average Bonchev–Trinajstić information content (AvgIpc) is 2.97. The molecule has 2 aromatic carbocycles. The number of aromatic nitrogens is 1. The Balaban J connectivity index is 1.61. The zero-order valence-electron chi connectivity index (χ0n) is 14.4. The standard InChI is InChI=1S/C19H19BrN4O2/c1-12(13-6-5-7-14(20)10-13)21-19(26)23-22-18(25)16-11-24(2)17-9-4-3-8-15(16)17/h3-12H,1-2H3,(H,22,25)(H2,21,23,26). The van der Waals surface area contributed by atoms with Crippen LogP contribution in [-0.2, 0) is 7.05 Å². The van der Waals surface area contributed by atoms with Gasteiger partial charge in [-0.15, -0.1) is 0 Å². The second kappa shape index (κ2) is 7.61. The maximum absolute atomic E-state index is 12.4. The van der Waals surface area contributed by atoms with Crippen molar-refractivity contribution in [3.05, 3.63) is 70.3 Å². The number of carbonyl (C=O) groups is 2. The number of nitrogens with one attached hydrogen (secondary N) is 3. The van der Waals surface area contributed by atoms with E-state index in [1.807, 2.05) is 67.1 Å². The molecule has 7 heteroatoms. The molecule has 0 aliphatic carbocycles. The van der Waals surface area contributed by atoms with E-state index in [0.29, 0.717) is 5.56 Å². The van der Waals surface area contributed by atoms with Crippen molar-refractivity contribution in [1.82, 2.24) is 20.7 Å². The Hall–Kier alpha value is -2.80. The molecule has 1 unspecified atom stereocenters. The monoisotopic (exact) mass is 414 g/mol. The first-order valence-electron chi connectivity index (χ1n) is 8.12. The van der Waals surface area contributed by atoms with Crippen LogP contribution in [0.2, 0.25) is 0 Å². The van der Waals surface area contributed by atoms with Crippen LogP contribution in [0.25, 0.3) is 10.9 Å². The number of rotatable bonds is 3. The van der Waals surface area contributed by atoms with Gasteiger partial charge in [-0.2, -0.15) is 0 Å². The predicted octanol–water partition coefficient (Wildman–Crippen LogP) is 3.65. The molecule has 3 amide bonds. The molecule has 1 atom stereocenters. The number of hydrazine groups is 1. The summed E-state index contributed by atoms with van der Waals surface area (Å²) in [5, 5.41) is 3.61. The third-order valence-corrected chi connectivity index (χ3v) is 4.62. The highest BCUT2D eigenvalue weighted by atomic mass is 79.9. The second-order valence-electron chi connectivity index (χ2n) is 6.00. The van der Waals surface area contributed by atoms with Gasteiger partial charge in [-0.1, -0.05) is 46.3 Å². The minimum Gasteiger partial charge on any atom is -0.350 e. The number of fused-ring (bicyclic) bond motifs is 1. The van der Waals surface area contributed by atoms with Crippen LogP contribution in [0, 0.1) is 0 Å². The summed E-state index contributed by atoms with van der Waals surface area (Å²) in [6.07, 6.45) is 1.74. The van der Waals surface area contributed by atoms with Gasteiger partial charge in [-0.25, -0.2) is 10.2 Å². The molecule has 0 saturated heterocycles. The first-order chi connectivity index (χ1) is 12.5. The largest absolute Gasteiger partial charge is 0.350 e. The summed E-state index contributed by atoms with van der Waals surface area (Å²) < 4.78 is 2.81. The van der Waals surface area contributed by atoms with E-state index >= 15 is 0 Å². The molecule has 1 aromatic heterocycles. The summed E-state index contributed by atoms with van der Waals surface area (Å²) in [5.41, 5.74) is 7.25. The topological polar surface area (TPSA) is 75.2 Å². The van der Waals surface area contributed by atoms with Gasteiger partial charge < -0.3 is 9.88 Å². The summed E-state index contributed by atoms with van der Waals surface area (Å²) in [5.74, 6) is -0.368. The van der Waals surface area contributed by atoms with Crippen LogP contribution < -0.4 is 16.2 Å². The van der Waals surface area contributed by atoms with E-state index in [-0.39, 0.29) is 11.9 Å². The molecule has 0 bridgehead atoms. The van der Waals surface area contributed by atoms with E-state index in [1.54, 1.807) is 6.20 Å². The number of urea groups is 1. The van der Waals surface area contributed by atoms with Crippen molar-refractivity contribution in [3.63, 3.8) is 0 Å². The fraction of sp³-hybridized carbons (Fsp3) is 0.158. The summed E-state index contributed by atoms with van der Waals surface area (Å²) in [6, 6.07) is 14.6. The van der Waals surface area contributed by atoms with Crippen molar-refractivity contribution in [2.24, 2.45) is 7.05 Å². The summed E-state index contributed by atoms with van der Waals surface area (Å²) in [4.78, 5) is 24.5. The number of halogens is 1. The Morgan fingerprint density at radius 1 is 1.08 bits per heavy atom. The summed E-state index contributed by atoms with van der Waals surface area (Å²) in [7, 11) is 1.87. The van der Waals surface area contributed by atoms with Gasteiger partial charge in [-0.3, -0.25) is 10.2 Å². The van der Waals surface area contributed by atoms with Gasteiger partial charge >= 0.3 is 6.03 Å². The highest BCUT2D eigenvalue weighted by Crippen LogP contribution is 2.20. The zero-order chi connectivity index (χ0) is 18.7. The van der Waals surface area contributed by atoms with E-state index in [9.17, 15) is 9.59 Å². The molecule has 6 nitrogen and oxygen atoms in total. The molecule has 0 fully saturated rings. The molecule has 3 rings (SSSR count). The predicted molar refractivity (Wildman–Crippen MR) is 105 cm³/mol. The Morgan fingerprint density at radius 2 is 1.85 bits per heavy atom. The molecule has 3 N–H and O–H groups in total. The molecule has 0 aliphatic rings. The molecule has 0 spiro atoms. The Bertz CT molecular complexity index is 967. The van der Waals surface area contributed by atoms with Gasteiger partial charge in [0.05, 0.1) is 11.6 Å². The maximum atomic E-state index is 12.4. The molecule has 1 heterocycles. The van der Waals surface area contributed by atoms with Gasteiger partial charge in [0.1, 0.15) is 0 Å². The van der Waals surface area contributed by atoms with Crippen LogP contribution in [0.5, 0.6) is 0 Å². The van der Waals surface area contributed by atoms with E-state index in [0.717, 1.165) is 20.9 Å². The van der Waals surface area contributed by atoms with Crippen LogP contribution in [0.1, 0.15) is 28.9 Å². The lowest BCUT2D eigenvalue weighted by Crippen LogP contribution is -2.47. The lowest BCUT2D eigenvalue weighted by atomic mass is 10.1. The SMILES string of the molecule is CC(NC(=O)NNC(=O)c1cn(C)c2ccccc12)c1cccc(Br)c1. The van der Waals surface area contributed by atoms with Crippen LogP contribution in [0.15, 0.2) is 59.2 Å². The third kappa shape index (κ3) is 3.88. The highest BCUT2D eigenvalue weighted by molar-refractivity contribution is 9.10. The Labute approximate surface area is 159 Å². The molecule has 0 saturated carbocycles. The van der Waals surface area contributed by atoms with Gasteiger partial charge in [-0.05, 0) is 30.7 Å². The van der Waals surface area contributed by atoms with Crippen molar-refractivity contribution < 1.29 is 9.59 Å².